The normalized spacial score (nSPS) is 10.4. The number of nitrogens with one attached hydrogen (secondary N) is 1. The first kappa shape index (κ1) is 13.4. The molecule has 0 unspecified atom stereocenters. The van der Waals surface area contributed by atoms with Gasteiger partial charge in [-0.15, -0.1) is 6.58 Å². The molecule has 0 saturated heterocycles. The lowest BCUT2D eigenvalue weighted by Gasteiger charge is -2.08. The maximum atomic E-state index is 5.81. The van der Waals surface area contributed by atoms with Gasteiger partial charge >= 0.3 is 0 Å². The van der Waals surface area contributed by atoms with Gasteiger partial charge in [0.25, 0.3) is 0 Å². The first-order valence-corrected chi connectivity index (χ1v) is 6.36. The molecule has 1 aromatic carbocycles. The summed E-state index contributed by atoms with van der Waals surface area (Å²) in [6.07, 6.45) is 4.43. The Morgan fingerprint density at radius 1 is 1.37 bits per heavy atom. The van der Waals surface area contributed by atoms with Crippen molar-refractivity contribution in [3.63, 3.8) is 0 Å². The molecule has 0 radical (unpaired) electrons. The summed E-state index contributed by atoms with van der Waals surface area (Å²) in [5.41, 5.74) is 2.26. The number of allylic oxidation sites excluding steroid dienone is 1. The average Bonchev–Trinajstić information content (AvgIpc) is 2.86. The standard InChI is InChI=1S/C16H19NO2/c1-3-6-14-7-4-5-8-16(14)19-12-15-9-13(10-17-2)11-18-15/h3-5,7-9,11,17H,1,6,10,12H2,2H3. The molecule has 0 amide bonds. The third-order valence-corrected chi connectivity index (χ3v) is 2.80. The highest BCUT2D eigenvalue weighted by Gasteiger charge is 2.05. The number of rotatable bonds is 7. The Labute approximate surface area is 113 Å². The third kappa shape index (κ3) is 3.73. The van der Waals surface area contributed by atoms with E-state index in [0.29, 0.717) is 6.61 Å². The van der Waals surface area contributed by atoms with Gasteiger partial charge < -0.3 is 14.5 Å². The van der Waals surface area contributed by atoms with Crippen molar-refractivity contribution >= 4 is 0 Å². The number of hydrogen-bond acceptors (Lipinski definition) is 3. The van der Waals surface area contributed by atoms with Gasteiger partial charge in [0.15, 0.2) is 0 Å². The Morgan fingerprint density at radius 2 is 2.21 bits per heavy atom. The smallest absolute Gasteiger partial charge is 0.146 e. The van der Waals surface area contributed by atoms with Gasteiger partial charge in [0.2, 0.25) is 0 Å². The van der Waals surface area contributed by atoms with Crippen LogP contribution in [0.1, 0.15) is 16.9 Å². The second kappa shape index (κ2) is 6.81. The van der Waals surface area contributed by atoms with Crippen LogP contribution in [0.4, 0.5) is 0 Å². The minimum absolute atomic E-state index is 0.442. The van der Waals surface area contributed by atoms with Crippen LogP contribution in [-0.4, -0.2) is 7.05 Å². The second-order valence-corrected chi connectivity index (χ2v) is 4.34. The molecule has 1 aromatic heterocycles. The van der Waals surface area contributed by atoms with Crippen LogP contribution in [-0.2, 0) is 19.6 Å². The summed E-state index contributed by atoms with van der Waals surface area (Å²) in [4.78, 5) is 0. The Bertz CT molecular complexity index is 531. The van der Waals surface area contributed by atoms with Crippen LogP contribution in [0.25, 0.3) is 0 Å². The van der Waals surface area contributed by atoms with Crippen LogP contribution >= 0.6 is 0 Å². The van der Waals surface area contributed by atoms with Crippen LogP contribution in [0.3, 0.4) is 0 Å². The molecule has 2 aromatic rings. The van der Waals surface area contributed by atoms with Gasteiger partial charge in [0.1, 0.15) is 18.1 Å². The SMILES string of the molecule is C=CCc1ccccc1OCc1cc(CNC)co1. The summed E-state index contributed by atoms with van der Waals surface area (Å²) >= 11 is 0. The number of ether oxygens (including phenoxy) is 1. The molecule has 0 spiro atoms. The molecule has 0 aliphatic heterocycles. The van der Waals surface area contributed by atoms with E-state index in [4.69, 9.17) is 9.15 Å². The molecule has 1 heterocycles. The van der Waals surface area contributed by atoms with E-state index in [2.05, 4.69) is 11.9 Å². The second-order valence-electron chi connectivity index (χ2n) is 4.34. The minimum Gasteiger partial charge on any atom is -0.485 e. The fourth-order valence-electron chi connectivity index (χ4n) is 1.92. The maximum absolute atomic E-state index is 5.81. The lowest BCUT2D eigenvalue weighted by molar-refractivity contribution is 0.268. The van der Waals surface area contributed by atoms with Crippen molar-refractivity contribution in [2.24, 2.45) is 0 Å². The first-order chi connectivity index (χ1) is 9.33. The van der Waals surface area contributed by atoms with Crippen LogP contribution in [0, 0.1) is 0 Å². The Hall–Kier alpha value is -2.00. The summed E-state index contributed by atoms with van der Waals surface area (Å²) in [6, 6.07) is 9.99. The van der Waals surface area contributed by atoms with Crippen molar-refractivity contribution in [1.29, 1.82) is 0 Å². The highest BCUT2D eigenvalue weighted by atomic mass is 16.5. The Kier molecular flexibility index (Phi) is 4.81. The van der Waals surface area contributed by atoms with Crippen LogP contribution in [0.5, 0.6) is 5.75 Å². The molecule has 0 aliphatic carbocycles. The summed E-state index contributed by atoms with van der Waals surface area (Å²) in [5.74, 6) is 1.72. The van der Waals surface area contributed by atoms with Crippen LogP contribution < -0.4 is 10.1 Å². The Balaban J connectivity index is 1.99. The van der Waals surface area contributed by atoms with Crippen LogP contribution in [0.15, 0.2) is 53.7 Å². The van der Waals surface area contributed by atoms with Crippen molar-refractivity contribution in [2.75, 3.05) is 7.05 Å². The van der Waals surface area contributed by atoms with Gasteiger partial charge in [-0.3, -0.25) is 0 Å². The molecule has 0 bridgehead atoms. The van der Waals surface area contributed by atoms with Gasteiger partial charge in [-0.25, -0.2) is 0 Å². The molecule has 2 rings (SSSR count). The number of benzene rings is 1. The third-order valence-electron chi connectivity index (χ3n) is 2.80. The molecule has 19 heavy (non-hydrogen) atoms. The number of hydrogen-bond donors (Lipinski definition) is 1. The van der Waals surface area contributed by atoms with Crippen LogP contribution in [0.2, 0.25) is 0 Å². The summed E-state index contributed by atoms with van der Waals surface area (Å²) < 4.78 is 11.3. The predicted molar refractivity (Wildman–Crippen MR) is 76.1 cm³/mol. The van der Waals surface area contributed by atoms with Gasteiger partial charge in [0.05, 0.1) is 6.26 Å². The van der Waals surface area contributed by atoms with E-state index in [1.165, 1.54) is 0 Å². The number of para-hydroxylation sites is 1. The lowest BCUT2D eigenvalue weighted by Crippen LogP contribution is -2.03. The molecule has 0 atom stereocenters. The van der Waals surface area contributed by atoms with E-state index in [-0.39, 0.29) is 0 Å². The summed E-state index contributed by atoms with van der Waals surface area (Å²) in [7, 11) is 1.91. The zero-order chi connectivity index (χ0) is 13.5. The molecule has 0 fully saturated rings. The maximum Gasteiger partial charge on any atom is 0.146 e. The van der Waals surface area contributed by atoms with Gasteiger partial charge in [-0.2, -0.15) is 0 Å². The van der Waals surface area contributed by atoms with E-state index in [9.17, 15) is 0 Å². The van der Waals surface area contributed by atoms with E-state index < -0.39 is 0 Å². The topological polar surface area (TPSA) is 34.4 Å². The summed E-state index contributed by atoms with van der Waals surface area (Å²) in [6.45, 7) is 5.00. The van der Waals surface area contributed by atoms with Gasteiger partial charge in [-0.1, -0.05) is 24.3 Å². The van der Waals surface area contributed by atoms with Gasteiger partial charge in [0, 0.05) is 12.1 Å². The van der Waals surface area contributed by atoms with Gasteiger partial charge in [-0.05, 0) is 31.2 Å². The number of furan rings is 1. The van der Waals surface area contributed by atoms with E-state index in [0.717, 1.165) is 35.6 Å². The predicted octanol–water partition coefficient (Wildman–Crippen LogP) is 3.31. The quantitative estimate of drug-likeness (QED) is 0.773. The fourth-order valence-corrected chi connectivity index (χ4v) is 1.92. The van der Waals surface area contributed by atoms with E-state index >= 15 is 0 Å². The fraction of sp³-hybridized carbons (Fsp3) is 0.250. The molecule has 0 saturated carbocycles. The summed E-state index contributed by atoms with van der Waals surface area (Å²) in [5, 5.41) is 3.09. The minimum atomic E-state index is 0.442. The van der Waals surface area contributed by atoms with E-state index in [1.807, 2.05) is 43.5 Å². The molecule has 100 valence electrons. The molecule has 3 heteroatoms. The van der Waals surface area contributed by atoms with Crippen molar-refractivity contribution in [2.45, 2.75) is 19.6 Å². The lowest BCUT2D eigenvalue weighted by atomic mass is 10.1. The molecular weight excluding hydrogens is 238 g/mol. The van der Waals surface area contributed by atoms with Crippen molar-refractivity contribution in [3.8, 4) is 5.75 Å². The molecule has 1 N–H and O–H groups in total. The first-order valence-electron chi connectivity index (χ1n) is 6.36. The molecular formula is C16H19NO2. The van der Waals surface area contributed by atoms with Crippen molar-refractivity contribution in [1.82, 2.24) is 5.32 Å². The van der Waals surface area contributed by atoms with E-state index in [1.54, 1.807) is 6.26 Å². The average molecular weight is 257 g/mol. The highest BCUT2D eigenvalue weighted by Crippen LogP contribution is 2.20. The highest BCUT2D eigenvalue weighted by molar-refractivity contribution is 5.34. The monoisotopic (exact) mass is 257 g/mol. The zero-order valence-electron chi connectivity index (χ0n) is 11.2. The molecule has 3 nitrogen and oxygen atoms in total. The molecule has 0 aliphatic rings. The van der Waals surface area contributed by atoms with Crippen molar-refractivity contribution < 1.29 is 9.15 Å². The zero-order valence-corrected chi connectivity index (χ0v) is 11.2. The Morgan fingerprint density at radius 3 is 3.00 bits per heavy atom. The largest absolute Gasteiger partial charge is 0.485 e. The van der Waals surface area contributed by atoms with Crippen molar-refractivity contribution in [3.05, 3.63) is 66.1 Å².